The summed E-state index contributed by atoms with van der Waals surface area (Å²) in [5.74, 6) is -1.09. The smallest absolute Gasteiger partial charge is 0.422 e. The van der Waals surface area contributed by atoms with Crippen molar-refractivity contribution >= 4 is 24.0 Å². The maximum absolute atomic E-state index is 12.3. The van der Waals surface area contributed by atoms with Crippen molar-refractivity contribution < 1.29 is 22.7 Å². The van der Waals surface area contributed by atoms with Gasteiger partial charge in [-0.3, -0.25) is 4.79 Å². The van der Waals surface area contributed by atoms with Gasteiger partial charge in [0.15, 0.2) is 12.3 Å². The molecule has 0 amide bonds. The summed E-state index contributed by atoms with van der Waals surface area (Å²) in [7, 11) is 0. The highest BCUT2D eigenvalue weighted by Gasteiger charge is 2.31. The first-order valence-corrected chi connectivity index (χ1v) is 7.83. The van der Waals surface area contributed by atoms with Crippen LogP contribution < -0.4 is 10.9 Å². The lowest BCUT2D eigenvalue weighted by Gasteiger charge is -2.23. The number of carbonyl (C=O) groups excluding carboxylic acids is 1. The van der Waals surface area contributed by atoms with Gasteiger partial charge in [0.05, 0.1) is 11.4 Å². The molecule has 0 aromatic carbocycles. The van der Waals surface area contributed by atoms with Crippen molar-refractivity contribution in [2.75, 3.05) is 19.7 Å². The van der Waals surface area contributed by atoms with Crippen LogP contribution in [-0.4, -0.2) is 46.4 Å². The highest BCUT2D eigenvalue weighted by Crippen LogP contribution is 2.26. The van der Waals surface area contributed by atoms with E-state index >= 15 is 0 Å². The molecule has 3 heterocycles. The number of esters is 1. The van der Waals surface area contributed by atoms with Gasteiger partial charge >= 0.3 is 12.1 Å². The Bertz CT molecular complexity index is 856. The highest BCUT2D eigenvalue weighted by molar-refractivity contribution is 5.97. The summed E-state index contributed by atoms with van der Waals surface area (Å²) in [6.07, 6.45) is -3.03. The van der Waals surface area contributed by atoms with Gasteiger partial charge in [0, 0.05) is 12.0 Å². The van der Waals surface area contributed by atoms with Gasteiger partial charge in [0.1, 0.15) is 5.56 Å². The fourth-order valence-electron chi connectivity index (χ4n) is 3.05. The Morgan fingerprint density at radius 2 is 2.04 bits per heavy atom. The van der Waals surface area contributed by atoms with E-state index < -0.39 is 24.3 Å². The molecule has 2 N–H and O–H groups in total. The molecule has 7 nitrogen and oxygen atoms in total. The zero-order chi connectivity index (χ0) is 18.2. The SMILES string of the molecule is Cc1nn2c(C3CCNCC3)cc(=O)[nH]c2c1C(=O)OCC(F)(F)F.Cl. The van der Waals surface area contributed by atoms with Crippen molar-refractivity contribution in [3.8, 4) is 0 Å². The standard InChI is InChI=1S/C15H17F3N4O3.ClH/c1-8-12(14(24)25-7-15(16,17)18)13-20-11(23)6-10(22(13)21-8)9-2-4-19-5-3-9;/h6,9,19H,2-5,7H2,1H3,(H,20,23);1H. The second kappa shape index (κ2) is 7.67. The normalized spacial score (nSPS) is 15.7. The van der Waals surface area contributed by atoms with E-state index in [2.05, 4.69) is 20.1 Å². The predicted octanol–water partition coefficient (Wildman–Crippen LogP) is 1.94. The molecule has 1 fully saturated rings. The van der Waals surface area contributed by atoms with Crippen molar-refractivity contribution in [1.29, 1.82) is 0 Å². The number of fused-ring (bicyclic) bond motifs is 1. The minimum Gasteiger partial charge on any atom is -0.452 e. The van der Waals surface area contributed by atoms with Crippen molar-refractivity contribution in [1.82, 2.24) is 19.9 Å². The lowest BCUT2D eigenvalue weighted by Crippen LogP contribution is -2.28. The average Bonchev–Trinajstić information content (AvgIpc) is 2.88. The van der Waals surface area contributed by atoms with Crippen LogP contribution in [0.15, 0.2) is 10.9 Å². The van der Waals surface area contributed by atoms with E-state index in [0.29, 0.717) is 5.69 Å². The van der Waals surface area contributed by atoms with E-state index in [1.807, 2.05) is 0 Å². The molecular formula is C15H18ClF3N4O3. The van der Waals surface area contributed by atoms with E-state index in [0.717, 1.165) is 25.9 Å². The summed E-state index contributed by atoms with van der Waals surface area (Å²) in [6, 6.07) is 1.42. The third-order valence-electron chi connectivity index (χ3n) is 4.15. The number of nitrogens with one attached hydrogen (secondary N) is 2. The minimum absolute atomic E-state index is 0. The molecule has 0 atom stereocenters. The fourth-order valence-corrected chi connectivity index (χ4v) is 3.05. The van der Waals surface area contributed by atoms with Crippen LogP contribution in [0.1, 0.15) is 40.5 Å². The number of aryl methyl sites for hydroxylation is 1. The molecule has 0 aliphatic carbocycles. The Morgan fingerprint density at radius 1 is 1.38 bits per heavy atom. The Balaban J connectivity index is 0.00000243. The third kappa shape index (κ3) is 4.18. The number of piperidine rings is 1. The van der Waals surface area contributed by atoms with Crippen LogP contribution in [0, 0.1) is 6.92 Å². The summed E-state index contributed by atoms with van der Waals surface area (Å²) in [6.45, 7) is 1.38. The Labute approximate surface area is 152 Å². The van der Waals surface area contributed by atoms with E-state index in [1.54, 1.807) is 0 Å². The van der Waals surface area contributed by atoms with Crippen molar-refractivity contribution in [3.05, 3.63) is 33.4 Å². The van der Waals surface area contributed by atoms with Crippen molar-refractivity contribution in [3.63, 3.8) is 0 Å². The molecule has 1 saturated heterocycles. The van der Waals surface area contributed by atoms with Crippen LogP contribution in [0.4, 0.5) is 13.2 Å². The number of carbonyl (C=O) groups is 1. The monoisotopic (exact) mass is 394 g/mol. The van der Waals surface area contributed by atoms with Gasteiger partial charge in [-0.15, -0.1) is 12.4 Å². The molecule has 1 aliphatic heterocycles. The quantitative estimate of drug-likeness (QED) is 0.777. The molecule has 0 spiro atoms. The van der Waals surface area contributed by atoms with Crippen LogP contribution in [-0.2, 0) is 4.74 Å². The van der Waals surface area contributed by atoms with Crippen LogP contribution in [0.3, 0.4) is 0 Å². The molecule has 0 radical (unpaired) electrons. The molecule has 3 rings (SSSR count). The molecule has 144 valence electrons. The number of aromatic nitrogens is 3. The Kier molecular flexibility index (Phi) is 5.97. The number of H-pyrrole nitrogens is 1. The van der Waals surface area contributed by atoms with Gasteiger partial charge in [0.25, 0.3) is 5.56 Å². The average molecular weight is 395 g/mol. The zero-order valence-electron chi connectivity index (χ0n) is 13.9. The third-order valence-corrected chi connectivity index (χ3v) is 4.15. The molecule has 11 heteroatoms. The molecule has 0 saturated carbocycles. The summed E-state index contributed by atoms with van der Waals surface area (Å²) in [5, 5.41) is 7.46. The second-order valence-corrected chi connectivity index (χ2v) is 5.99. The van der Waals surface area contributed by atoms with Crippen molar-refractivity contribution in [2.45, 2.75) is 31.9 Å². The number of hydrogen-bond donors (Lipinski definition) is 2. The van der Waals surface area contributed by atoms with E-state index in [9.17, 15) is 22.8 Å². The number of rotatable bonds is 3. The highest BCUT2D eigenvalue weighted by atomic mass is 35.5. The first-order chi connectivity index (χ1) is 11.8. The van der Waals surface area contributed by atoms with Gasteiger partial charge in [-0.05, 0) is 32.9 Å². The van der Waals surface area contributed by atoms with Crippen LogP contribution in [0.5, 0.6) is 0 Å². The van der Waals surface area contributed by atoms with Gasteiger partial charge in [-0.1, -0.05) is 0 Å². The summed E-state index contributed by atoms with van der Waals surface area (Å²) in [4.78, 5) is 26.6. The predicted molar refractivity (Wildman–Crippen MR) is 89.0 cm³/mol. The van der Waals surface area contributed by atoms with E-state index in [1.165, 1.54) is 17.5 Å². The largest absolute Gasteiger partial charge is 0.452 e. The number of alkyl halides is 3. The molecule has 2 aromatic rings. The lowest BCUT2D eigenvalue weighted by atomic mass is 9.94. The van der Waals surface area contributed by atoms with Gasteiger partial charge < -0.3 is 15.0 Å². The molecule has 2 aromatic heterocycles. The Hall–Kier alpha value is -2.07. The van der Waals surface area contributed by atoms with Crippen molar-refractivity contribution in [2.24, 2.45) is 0 Å². The summed E-state index contributed by atoms with van der Waals surface area (Å²) < 4.78 is 42.6. The van der Waals surface area contributed by atoms with Gasteiger partial charge in [-0.25, -0.2) is 9.31 Å². The summed E-state index contributed by atoms with van der Waals surface area (Å²) >= 11 is 0. The maximum atomic E-state index is 12.3. The number of hydrogen-bond acceptors (Lipinski definition) is 5. The Morgan fingerprint density at radius 3 is 2.65 bits per heavy atom. The van der Waals surface area contributed by atoms with Crippen LogP contribution in [0.2, 0.25) is 0 Å². The molecule has 26 heavy (non-hydrogen) atoms. The van der Waals surface area contributed by atoms with Gasteiger partial charge in [-0.2, -0.15) is 18.3 Å². The molecule has 0 unspecified atom stereocenters. The van der Waals surface area contributed by atoms with Crippen LogP contribution >= 0.6 is 12.4 Å². The van der Waals surface area contributed by atoms with E-state index in [4.69, 9.17) is 0 Å². The zero-order valence-corrected chi connectivity index (χ0v) is 14.7. The second-order valence-electron chi connectivity index (χ2n) is 5.99. The first-order valence-electron chi connectivity index (χ1n) is 7.83. The lowest BCUT2D eigenvalue weighted by molar-refractivity contribution is -0.161. The number of halogens is 4. The molecule has 0 bridgehead atoms. The fraction of sp³-hybridized carbons (Fsp3) is 0.533. The number of nitrogens with zero attached hydrogens (tertiary/aromatic N) is 2. The first kappa shape index (κ1) is 20.2. The molecule has 1 aliphatic rings. The van der Waals surface area contributed by atoms with Crippen LogP contribution in [0.25, 0.3) is 5.65 Å². The molecular weight excluding hydrogens is 377 g/mol. The van der Waals surface area contributed by atoms with Gasteiger partial charge in [0.2, 0.25) is 0 Å². The minimum atomic E-state index is -4.62. The summed E-state index contributed by atoms with van der Waals surface area (Å²) in [5.41, 5.74) is 0.302. The maximum Gasteiger partial charge on any atom is 0.422 e. The number of ether oxygens (including phenoxy) is 1. The topological polar surface area (TPSA) is 88.5 Å². The van der Waals surface area contributed by atoms with E-state index in [-0.39, 0.29) is 35.2 Å². The number of aromatic amines is 1.